The number of carbonyl (C=O) groups excluding carboxylic acids is 1. The van der Waals surface area contributed by atoms with Crippen molar-refractivity contribution in [3.05, 3.63) is 59.3 Å². The van der Waals surface area contributed by atoms with E-state index in [4.69, 9.17) is 5.73 Å². The number of pyridine rings is 1. The Kier molecular flexibility index (Phi) is 5.62. The number of carbonyl (C=O) groups is 1. The van der Waals surface area contributed by atoms with Gasteiger partial charge in [0.15, 0.2) is 0 Å². The predicted molar refractivity (Wildman–Crippen MR) is 112 cm³/mol. The third-order valence-electron chi connectivity index (χ3n) is 6.42. The predicted octanol–water partition coefficient (Wildman–Crippen LogP) is 2.89. The molecular formula is C23H30N4O. The van der Waals surface area contributed by atoms with Crippen LogP contribution in [0.5, 0.6) is 0 Å². The Morgan fingerprint density at radius 1 is 1.18 bits per heavy atom. The minimum absolute atomic E-state index is 0.0721. The van der Waals surface area contributed by atoms with E-state index in [2.05, 4.69) is 47.1 Å². The van der Waals surface area contributed by atoms with Gasteiger partial charge in [0, 0.05) is 24.8 Å². The molecule has 4 rings (SSSR count). The number of anilines is 1. The molecule has 1 aromatic carbocycles. The van der Waals surface area contributed by atoms with Crippen molar-refractivity contribution in [2.24, 2.45) is 5.92 Å². The topological polar surface area (TPSA) is 62.5 Å². The molecule has 1 aromatic heterocycles. The number of piperidine rings is 1. The van der Waals surface area contributed by atoms with Crippen LogP contribution in [0.25, 0.3) is 0 Å². The van der Waals surface area contributed by atoms with Gasteiger partial charge in [-0.1, -0.05) is 30.3 Å². The van der Waals surface area contributed by atoms with Crippen LogP contribution in [-0.2, 0) is 24.2 Å². The number of nitrogens with zero attached hydrogens (tertiary/aromatic N) is 3. The zero-order chi connectivity index (χ0) is 19.5. The number of hydrogen-bond donors (Lipinski definition) is 1. The maximum Gasteiger partial charge on any atom is 0.239 e. The second kappa shape index (κ2) is 8.31. The monoisotopic (exact) mass is 378 g/mol. The molecule has 148 valence electrons. The summed E-state index contributed by atoms with van der Waals surface area (Å²) in [7, 11) is 0. The van der Waals surface area contributed by atoms with Gasteiger partial charge in [0.25, 0.3) is 0 Å². The lowest BCUT2D eigenvalue weighted by atomic mass is 9.89. The van der Waals surface area contributed by atoms with Crippen molar-refractivity contribution in [2.45, 2.75) is 45.2 Å². The first-order valence-electron chi connectivity index (χ1n) is 10.4. The fraction of sp³-hybridized carbons (Fsp3) is 0.478. The summed E-state index contributed by atoms with van der Waals surface area (Å²) >= 11 is 0. The van der Waals surface area contributed by atoms with Gasteiger partial charge in [0.1, 0.15) is 5.82 Å². The van der Waals surface area contributed by atoms with E-state index < -0.39 is 0 Å². The van der Waals surface area contributed by atoms with E-state index >= 15 is 0 Å². The third-order valence-corrected chi connectivity index (χ3v) is 6.42. The second-order valence-corrected chi connectivity index (χ2v) is 8.19. The van der Waals surface area contributed by atoms with Crippen LogP contribution in [0, 0.1) is 5.92 Å². The number of fused-ring (bicyclic) bond motifs is 1. The van der Waals surface area contributed by atoms with E-state index in [0.717, 1.165) is 50.9 Å². The Labute approximate surface area is 167 Å². The van der Waals surface area contributed by atoms with E-state index in [1.54, 1.807) is 6.20 Å². The summed E-state index contributed by atoms with van der Waals surface area (Å²) in [5.74, 6) is 1.49. The second-order valence-electron chi connectivity index (χ2n) is 8.19. The minimum atomic E-state index is -0.0721. The number of benzene rings is 1. The maximum atomic E-state index is 13.1. The number of amides is 1. The molecule has 0 aliphatic carbocycles. The number of likely N-dealkylation sites (tertiary alicyclic amines) is 1. The van der Waals surface area contributed by atoms with Gasteiger partial charge in [-0.05, 0) is 68.8 Å². The summed E-state index contributed by atoms with van der Waals surface area (Å²) in [6.07, 6.45) is 6.08. The molecule has 0 radical (unpaired) electrons. The Balaban J connectivity index is 1.32. The summed E-state index contributed by atoms with van der Waals surface area (Å²) in [5, 5.41) is 0. The molecule has 2 N–H and O–H groups in total. The van der Waals surface area contributed by atoms with Crippen molar-refractivity contribution in [1.82, 2.24) is 14.8 Å². The van der Waals surface area contributed by atoms with Gasteiger partial charge >= 0.3 is 0 Å². The number of nitrogen functional groups attached to an aromatic ring is 1. The highest BCUT2D eigenvalue weighted by Gasteiger charge is 2.31. The van der Waals surface area contributed by atoms with Crippen LogP contribution < -0.4 is 5.73 Å². The van der Waals surface area contributed by atoms with Crippen molar-refractivity contribution < 1.29 is 4.79 Å². The molecule has 2 aliphatic rings. The van der Waals surface area contributed by atoms with Gasteiger partial charge in [-0.3, -0.25) is 9.69 Å². The number of rotatable bonds is 4. The molecule has 3 heterocycles. The van der Waals surface area contributed by atoms with E-state index in [1.165, 1.54) is 11.1 Å². The lowest BCUT2D eigenvalue weighted by molar-refractivity contribution is -0.138. The highest BCUT2D eigenvalue weighted by atomic mass is 16.2. The van der Waals surface area contributed by atoms with Gasteiger partial charge in [0.2, 0.25) is 5.91 Å². The zero-order valence-corrected chi connectivity index (χ0v) is 16.7. The molecule has 2 aromatic rings. The fourth-order valence-electron chi connectivity index (χ4n) is 4.59. The molecule has 1 atom stereocenters. The van der Waals surface area contributed by atoms with Crippen molar-refractivity contribution in [3.63, 3.8) is 0 Å². The normalized spacial score (nSPS) is 19.2. The first-order valence-corrected chi connectivity index (χ1v) is 10.4. The van der Waals surface area contributed by atoms with E-state index in [1.807, 2.05) is 11.0 Å². The molecule has 1 unspecified atom stereocenters. The fourth-order valence-corrected chi connectivity index (χ4v) is 4.59. The van der Waals surface area contributed by atoms with Crippen molar-refractivity contribution in [1.29, 1.82) is 0 Å². The molecule has 1 fully saturated rings. The average Bonchev–Trinajstić information content (AvgIpc) is 2.74. The van der Waals surface area contributed by atoms with Crippen LogP contribution in [-0.4, -0.2) is 46.4 Å². The standard InChI is InChI=1S/C23H30N4O/c1-17(23(28)27-14-10-20-7-11-25-22(24)21(20)16-27)26-12-8-19(9-13-26)15-18-5-3-2-4-6-18/h2-7,11,17,19H,8-10,12-16H2,1H3,(H2,24,25). The van der Waals surface area contributed by atoms with Crippen LogP contribution in [0.15, 0.2) is 42.6 Å². The van der Waals surface area contributed by atoms with Crippen molar-refractivity contribution in [2.75, 3.05) is 25.4 Å². The number of hydrogen-bond acceptors (Lipinski definition) is 4. The largest absolute Gasteiger partial charge is 0.383 e. The molecule has 1 saturated heterocycles. The van der Waals surface area contributed by atoms with E-state index in [0.29, 0.717) is 18.3 Å². The van der Waals surface area contributed by atoms with Gasteiger partial charge in [-0.15, -0.1) is 0 Å². The molecule has 2 aliphatic heterocycles. The lowest BCUT2D eigenvalue weighted by Gasteiger charge is -2.38. The van der Waals surface area contributed by atoms with E-state index in [-0.39, 0.29) is 11.9 Å². The van der Waals surface area contributed by atoms with Crippen LogP contribution >= 0.6 is 0 Å². The minimum Gasteiger partial charge on any atom is -0.383 e. The molecule has 1 amide bonds. The van der Waals surface area contributed by atoms with Crippen molar-refractivity contribution in [3.8, 4) is 0 Å². The SMILES string of the molecule is CC(C(=O)N1CCc2ccnc(N)c2C1)N1CCC(Cc2ccccc2)CC1. The number of nitrogens with two attached hydrogens (primary N) is 1. The highest BCUT2D eigenvalue weighted by Crippen LogP contribution is 2.26. The third kappa shape index (κ3) is 4.04. The Morgan fingerprint density at radius 2 is 1.93 bits per heavy atom. The molecule has 5 heteroatoms. The van der Waals surface area contributed by atoms with Crippen molar-refractivity contribution >= 4 is 11.7 Å². The molecule has 28 heavy (non-hydrogen) atoms. The average molecular weight is 379 g/mol. The highest BCUT2D eigenvalue weighted by molar-refractivity contribution is 5.82. The first-order chi connectivity index (χ1) is 13.6. The van der Waals surface area contributed by atoms with Gasteiger partial charge in [0.05, 0.1) is 6.04 Å². The van der Waals surface area contributed by atoms with Crippen LogP contribution in [0.1, 0.15) is 36.5 Å². The molecule has 0 bridgehead atoms. The molecule has 5 nitrogen and oxygen atoms in total. The Hall–Kier alpha value is -2.40. The van der Waals surface area contributed by atoms with Gasteiger partial charge in [-0.2, -0.15) is 0 Å². The van der Waals surface area contributed by atoms with Gasteiger partial charge < -0.3 is 10.6 Å². The zero-order valence-electron chi connectivity index (χ0n) is 16.7. The van der Waals surface area contributed by atoms with E-state index in [9.17, 15) is 4.79 Å². The molecule has 0 saturated carbocycles. The summed E-state index contributed by atoms with van der Waals surface area (Å²) in [5.41, 5.74) is 9.71. The Bertz CT molecular complexity index is 815. The smallest absolute Gasteiger partial charge is 0.239 e. The van der Waals surface area contributed by atoms with Crippen LogP contribution in [0.4, 0.5) is 5.82 Å². The summed E-state index contributed by atoms with van der Waals surface area (Å²) in [6.45, 7) is 5.41. The Morgan fingerprint density at radius 3 is 2.68 bits per heavy atom. The first kappa shape index (κ1) is 18.9. The number of aromatic nitrogens is 1. The maximum absolute atomic E-state index is 13.1. The van der Waals surface area contributed by atoms with Crippen LogP contribution in [0.3, 0.4) is 0 Å². The summed E-state index contributed by atoms with van der Waals surface area (Å²) in [4.78, 5) is 21.6. The lowest BCUT2D eigenvalue weighted by Crippen LogP contribution is -2.50. The summed E-state index contributed by atoms with van der Waals surface area (Å²) in [6, 6.07) is 12.7. The molecular weight excluding hydrogens is 348 g/mol. The summed E-state index contributed by atoms with van der Waals surface area (Å²) < 4.78 is 0. The van der Waals surface area contributed by atoms with Gasteiger partial charge in [-0.25, -0.2) is 4.98 Å². The molecule has 0 spiro atoms. The van der Waals surface area contributed by atoms with Crippen LogP contribution in [0.2, 0.25) is 0 Å². The quantitative estimate of drug-likeness (QED) is 0.889.